The summed E-state index contributed by atoms with van der Waals surface area (Å²) in [5, 5.41) is 11.7. The third kappa shape index (κ3) is 2.97. The predicted octanol–water partition coefficient (Wildman–Crippen LogP) is 8.31. The smallest absolute Gasteiger partial charge is 0.0998 e. The van der Waals surface area contributed by atoms with E-state index in [4.69, 9.17) is 0 Å². The molecule has 0 aromatic heterocycles. The Bertz CT molecular complexity index is 1460. The fraction of sp³-hybridized carbons (Fsp3) is 0. The second-order valence-corrected chi connectivity index (χ2v) is 8.82. The molecule has 3 heteroatoms. The number of hydrogen-bond acceptors (Lipinski definition) is 3. The summed E-state index contributed by atoms with van der Waals surface area (Å²) in [5.74, 6) is 0. The van der Waals surface area contributed by atoms with E-state index in [1.165, 1.54) is 21.2 Å². The Morgan fingerprint density at radius 1 is 0.625 bits per heavy atom. The largest absolute Gasteiger partial charge is 0.308 e. The van der Waals surface area contributed by atoms with Crippen molar-refractivity contribution in [1.29, 1.82) is 5.26 Å². The average molecular weight is 427 g/mol. The van der Waals surface area contributed by atoms with Gasteiger partial charge in [-0.2, -0.15) is 5.26 Å². The van der Waals surface area contributed by atoms with Crippen LogP contribution in [-0.4, -0.2) is 0 Å². The lowest BCUT2D eigenvalue weighted by atomic mass is 9.95. The highest BCUT2D eigenvalue weighted by Crippen LogP contribution is 2.51. The fourth-order valence-corrected chi connectivity index (χ4v) is 5.51. The van der Waals surface area contributed by atoms with Crippen LogP contribution in [0.1, 0.15) is 5.56 Å². The second-order valence-electron chi connectivity index (χ2n) is 7.74. The van der Waals surface area contributed by atoms with Gasteiger partial charge in [0, 0.05) is 20.9 Å². The lowest BCUT2D eigenvalue weighted by Gasteiger charge is -2.32. The highest BCUT2D eigenvalue weighted by molar-refractivity contribution is 7.99. The van der Waals surface area contributed by atoms with Crippen molar-refractivity contribution < 1.29 is 0 Å². The number of fused-ring (bicyclic) bond motifs is 3. The Balaban J connectivity index is 1.49. The molecule has 0 radical (unpaired) electrons. The van der Waals surface area contributed by atoms with Crippen LogP contribution < -0.4 is 4.90 Å². The Labute approximate surface area is 191 Å². The van der Waals surface area contributed by atoms with Crippen LogP contribution in [0.4, 0.5) is 17.1 Å². The first-order chi connectivity index (χ1) is 15.8. The maximum atomic E-state index is 9.65. The molecule has 2 nitrogen and oxygen atoms in total. The lowest BCUT2D eigenvalue weighted by molar-refractivity contribution is 1.17. The van der Waals surface area contributed by atoms with Crippen LogP contribution in [0.25, 0.3) is 21.9 Å². The van der Waals surface area contributed by atoms with Gasteiger partial charge in [0.25, 0.3) is 0 Å². The van der Waals surface area contributed by atoms with Gasteiger partial charge >= 0.3 is 0 Å². The van der Waals surface area contributed by atoms with E-state index in [9.17, 15) is 5.26 Å². The number of benzene rings is 5. The number of anilines is 3. The summed E-state index contributed by atoms with van der Waals surface area (Å²) in [7, 11) is 0. The monoisotopic (exact) mass is 426 g/mol. The van der Waals surface area contributed by atoms with Crippen LogP contribution in [-0.2, 0) is 0 Å². The molecule has 32 heavy (non-hydrogen) atoms. The molecule has 1 heterocycles. The molecular weight excluding hydrogens is 408 g/mol. The Hall–Kier alpha value is -4.00. The second kappa shape index (κ2) is 7.60. The first kappa shape index (κ1) is 18.7. The third-order valence-electron chi connectivity index (χ3n) is 5.89. The van der Waals surface area contributed by atoms with E-state index in [-0.39, 0.29) is 0 Å². The molecular formula is C29H18N2S. The fourth-order valence-electron chi connectivity index (χ4n) is 4.45. The summed E-state index contributed by atoms with van der Waals surface area (Å²) in [5.41, 5.74) is 6.41. The van der Waals surface area contributed by atoms with E-state index < -0.39 is 0 Å². The summed E-state index contributed by atoms with van der Waals surface area (Å²) in [6.07, 6.45) is 0. The van der Waals surface area contributed by atoms with Crippen molar-refractivity contribution >= 4 is 39.6 Å². The minimum Gasteiger partial charge on any atom is -0.308 e. The molecule has 0 bridgehead atoms. The minimum absolute atomic E-state index is 0.707. The number of nitrogens with zero attached hydrogens (tertiary/aromatic N) is 2. The summed E-state index contributed by atoms with van der Waals surface area (Å²) in [6.45, 7) is 0. The van der Waals surface area contributed by atoms with E-state index >= 15 is 0 Å². The molecule has 0 saturated carbocycles. The number of nitriles is 1. The highest BCUT2D eigenvalue weighted by Gasteiger charge is 2.24. The molecule has 1 aliphatic heterocycles. The van der Waals surface area contributed by atoms with Gasteiger partial charge in [-0.1, -0.05) is 78.5 Å². The van der Waals surface area contributed by atoms with Crippen LogP contribution in [0.3, 0.4) is 0 Å². The van der Waals surface area contributed by atoms with Gasteiger partial charge in [0.15, 0.2) is 0 Å². The van der Waals surface area contributed by atoms with Gasteiger partial charge < -0.3 is 4.90 Å². The zero-order valence-electron chi connectivity index (χ0n) is 17.2. The molecule has 0 amide bonds. The van der Waals surface area contributed by atoms with E-state index in [1.807, 2.05) is 23.9 Å². The van der Waals surface area contributed by atoms with Crippen molar-refractivity contribution in [2.75, 3.05) is 4.90 Å². The summed E-state index contributed by atoms with van der Waals surface area (Å²) < 4.78 is 0. The number of hydrogen-bond donors (Lipinski definition) is 0. The maximum absolute atomic E-state index is 9.65. The van der Waals surface area contributed by atoms with Gasteiger partial charge in [-0.05, 0) is 59.0 Å². The van der Waals surface area contributed by atoms with Crippen LogP contribution >= 0.6 is 11.8 Å². The standard InChI is InChI=1S/C29H18N2S/c30-19-22-9-5-7-21-8-6-10-24(29(21)22)20-15-17-23(18-16-20)31-25-11-1-3-13-27(25)32-28-14-4-2-12-26(28)31/h1-18H. The van der Waals surface area contributed by atoms with Crippen molar-refractivity contribution in [1.82, 2.24) is 0 Å². The van der Waals surface area contributed by atoms with Crippen molar-refractivity contribution in [3.05, 3.63) is 115 Å². The molecule has 0 fully saturated rings. The summed E-state index contributed by atoms with van der Waals surface area (Å²) in [4.78, 5) is 4.83. The molecule has 0 atom stereocenters. The number of rotatable bonds is 2. The van der Waals surface area contributed by atoms with Gasteiger partial charge in [-0.15, -0.1) is 0 Å². The Morgan fingerprint density at radius 3 is 1.91 bits per heavy atom. The molecule has 0 saturated heterocycles. The SMILES string of the molecule is N#Cc1cccc2cccc(-c3ccc(N4c5ccccc5Sc5ccccc54)cc3)c12. The maximum Gasteiger partial charge on any atom is 0.0998 e. The van der Waals surface area contributed by atoms with Crippen LogP contribution in [0.5, 0.6) is 0 Å². The van der Waals surface area contributed by atoms with Gasteiger partial charge in [0.1, 0.15) is 0 Å². The summed E-state index contributed by atoms with van der Waals surface area (Å²) in [6, 6.07) is 40.2. The number of para-hydroxylation sites is 2. The van der Waals surface area contributed by atoms with E-state index in [2.05, 4.69) is 108 Å². The van der Waals surface area contributed by atoms with Crippen LogP contribution in [0.15, 0.2) is 119 Å². The molecule has 0 spiro atoms. The lowest BCUT2D eigenvalue weighted by Crippen LogP contribution is -2.14. The molecule has 6 rings (SSSR count). The minimum atomic E-state index is 0.707. The predicted molar refractivity (Wildman–Crippen MR) is 133 cm³/mol. The zero-order valence-corrected chi connectivity index (χ0v) is 18.0. The van der Waals surface area contributed by atoms with E-state index in [0.29, 0.717) is 5.56 Å². The normalized spacial score (nSPS) is 12.2. The molecule has 5 aromatic carbocycles. The third-order valence-corrected chi connectivity index (χ3v) is 7.02. The van der Waals surface area contributed by atoms with Crippen molar-refractivity contribution in [2.45, 2.75) is 9.79 Å². The van der Waals surface area contributed by atoms with Gasteiger partial charge in [0.05, 0.1) is 23.0 Å². The molecule has 150 valence electrons. The van der Waals surface area contributed by atoms with Gasteiger partial charge in [-0.3, -0.25) is 0 Å². The van der Waals surface area contributed by atoms with Crippen LogP contribution in [0, 0.1) is 11.3 Å². The first-order valence-electron chi connectivity index (χ1n) is 10.5. The van der Waals surface area contributed by atoms with Crippen molar-refractivity contribution in [2.24, 2.45) is 0 Å². The molecule has 0 aliphatic carbocycles. The summed E-state index contributed by atoms with van der Waals surface area (Å²) >= 11 is 1.81. The van der Waals surface area contributed by atoms with E-state index in [0.717, 1.165) is 27.6 Å². The van der Waals surface area contributed by atoms with E-state index in [1.54, 1.807) is 0 Å². The van der Waals surface area contributed by atoms with Crippen molar-refractivity contribution in [3.8, 4) is 17.2 Å². The quantitative estimate of drug-likeness (QED) is 0.278. The Kier molecular flexibility index (Phi) is 4.45. The zero-order chi connectivity index (χ0) is 21.5. The topological polar surface area (TPSA) is 27.0 Å². The molecule has 0 unspecified atom stereocenters. The Morgan fingerprint density at radius 2 is 1.25 bits per heavy atom. The van der Waals surface area contributed by atoms with Gasteiger partial charge in [0.2, 0.25) is 0 Å². The van der Waals surface area contributed by atoms with Crippen molar-refractivity contribution in [3.63, 3.8) is 0 Å². The molecule has 0 N–H and O–H groups in total. The van der Waals surface area contributed by atoms with Crippen LogP contribution in [0.2, 0.25) is 0 Å². The highest BCUT2D eigenvalue weighted by atomic mass is 32.2. The molecule has 5 aromatic rings. The first-order valence-corrected chi connectivity index (χ1v) is 11.3. The molecule has 1 aliphatic rings. The average Bonchev–Trinajstić information content (AvgIpc) is 2.86. The van der Waals surface area contributed by atoms with Gasteiger partial charge in [-0.25, -0.2) is 0 Å².